The normalized spacial score (nSPS) is 13.1. The average molecular weight is 609 g/mol. The summed E-state index contributed by atoms with van der Waals surface area (Å²) >= 11 is 0. The summed E-state index contributed by atoms with van der Waals surface area (Å²) in [4.78, 5) is 10.1. The predicted octanol–water partition coefficient (Wildman–Crippen LogP) is 11.6. The molecule has 0 radical (unpaired) electrons. The van der Waals surface area contributed by atoms with Crippen molar-refractivity contribution < 1.29 is 8.78 Å². The van der Waals surface area contributed by atoms with Crippen LogP contribution >= 0.6 is 0 Å². The number of aromatic nitrogens is 2. The van der Waals surface area contributed by atoms with Gasteiger partial charge < -0.3 is 0 Å². The molecule has 0 aliphatic heterocycles. The number of benzene rings is 7. The Morgan fingerprint density at radius 1 is 0.362 bits per heavy atom. The summed E-state index contributed by atoms with van der Waals surface area (Å²) in [5.41, 5.74) is 7.53. The van der Waals surface area contributed by atoms with E-state index in [0.717, 1.165) is 55.4 Å². The Balaban J connectivity index is 1.15. The minimum atomic E-state index is -3.03. The molecule has 0 unspecified atom stereocenters. The van der Waals surface area contributed by atoms with Crippen LogP contribution in [0.5, 0.6) is 0 Å². The van der Waals surface area contributed by atoms with Crippen LogP contribution in [0.25, 0.3) is 77.7 Å². The monoisotopic (exact) mass is 608 g/mol. The number of fused-ring (bicyclic) bond motifs is 5. The minimum Gasteiger partial charge on any atom is -0.228 e. The van der Waals surface area contributed by atoms with Gasteiger partial charge in [0.25, 0.3) is 5.92 Å². The highest BCUT2D eigenvalue weighted by Gasteiger charge is 2.44. The molecule has 0 amide bonds. The van der Waals surface area contributed by atoms with Gasteiger partial charge in [-0.2, -0.15) is 8.78 Å². The molecule has 0 atom stereocenters. The fourth-order valence-corrected chi connectivity index (χ4v) is 6.75. The maximum absolute atomic E-state index is 15.5. The Morgan fingerprint density at radius 2 is 0.915 bits per heavy atom. The van der Waals surface area contributed by atoms with Crippen molar-refractivity contribution in [3.05, 3.63) is 169 Å². The van der Waals surface area contributed by atoms with Crippen molar-refractivity contribution in [2.45, 2.75) is 5.92 Å². The standard InChI is InChI=1S/C43H26F2N2/c44-43(45)38-13-7-6-12-36(38)37-21-20-32(25-39(37)43)31-17-14-28-16-19-34(24-35(28)23-31)42-46-40(29-9-2-1-3-10-29)26-41(47-42)33-18-15-27-8-4-5-11-30(27)22-33/h1-26H. The van der Waals surface area contributed by atoms with Gasteiger partial charge in [0.15, 0.2) is 5.82 Å². The summed E-state index contributed by atoms with van der Waals surface area (Å²) in [5.74, 6) is -2.41. The Hall–Kier alpha value is -6.00. The predicted molar refractivity (Wildman–Crippen MR) is 187 cm³/mol. The topological polar surface area (TPSA) is 25.8 Å². The molecule has 0 saturated heterocycles. The van der Waals surface area contributed by atoms with E-state index in [1.807, 2.05) is 72.8 Å². The van der Waals surface area contributed by atoms with Gasteiger partial charge in [-0.25, -0.2) is 9.97 Å². The molecular formula is C43H26F2N2. The number of nitrogens with zero attached hydrogens (tertiary/aromatic N) is 2. The third-order valence-corrected chi connectivity index (χ3v) is 9.19. The highest BCUT2D eigenvalue weighted by Crippen LogP contribution is 2.51. The van der Waals surface area contributed by atoms with Gasteiger partial charge in [-0.15, -0.1) is 0 Å². The zero-order chi connectivity index (χ0) is 31.5. The van der Waals surface area contributed by atoms with Crippen LogP contribution in [0.1, 0.15) is 11.1 Å². The first kappa shape index (κ1) is 27.3. The molecule has 1 heterocycles. The molecule has 9 rings (SSSR count). The number of rotatable bonds is 4. The third-order valence-electron chi connectivity index (χ3n) is 9.19. The van der Waals surface area contributed by atoms with Crippen LogP contribution < -0.4 is 0 Å². The first-order valence-corrected chi connectivity index (χ1v) is 15.6. The van der Waals surface area contributed by atoms with Gasteiger partial charge in [0, 0.05) is 27.8 Å². The van der Waals surface area contributed by atoms with Crippen molar-refractivity contribution in [2.24, 2.45) is 0 Å². The highest BCUT2D eigenvalue weighted by atomic mass is 19.3. The SMILES string of the molecule is FC1(F)c2ccccc2-c2ccc(-c3ccc4ccc(-c5nc(-c6ccccc6)cc(-c6ccc7ccccc7c6)n5)cc4c3)cc21. The van der Waals surface area contributed by atoms with E-state index >= 15 is 8.78 Å². The van der Waals surface area contributed by atoms with Gasteiger partial charge >= 0.3 is 0 Å². The summed E-state index contributed by atoms with van der Waals surface area (Å²) in [5, 5.41) is 4.36. The maximum atomic E-state index is 15.5. The molecule has 1 aliphatic carbocycles. The van der Waals surface area contributed by atoms with Crippen LogP contribution in [0, 0.1) is 0 Å². The van der Waals surface area contributed by atoms with Crippen molar-refractivity contribution in [3.63, 3.8) is 0 Å². The molecule has 0 bridgehead atoms. The summed E-state index contributed by atoms with van der Waals surface area (Å²) in [6.45, 7) is 0. The lowest BCUT2D eigenvalue weighted by atomic mass is 9.96. The van der Waals surface area contributed by atoms with Gasteiger partial charge in [0.1, 0.15) is 0 Å². The molecule has 0 saturated carbocycles. The van der Waals surface area contributed by atoms with E-state index in [9.17, 15) is 0 Å². The van der Waals surface area contributed by atoms with Gasteiger partial charge in [0.05, 0.1) is 11.4 Å². The lowest BCUT2D eigenvalue weighted by molar-refractivity contribution is 0.0480. The fraction of sp³-hybridized carbons (Fsp3) is 0.0233. The van der Waals surface area contributed by atoms with Gasteiger partial charge in [-0.1, -0.05) is 127 Å². The van der Waals surface area contributed by atoms with E-state index in [4.69, 9.17) is 9.97 Å². The summed E-state index contributed by atoms with van der Waals surface area (Å²) < 4.78 is 31.0. The van der Waals surface area contributed by atoms with Crippen molar-refractivity contribution >= 4 is 21.5 Å². The van der Waals surface area contributed by atoms with Crippen LogP contribution in [-0.2, 0) is 5.92 Å². The Morgan fingerprint density at radius 3 is 1.74 bits per heavy atom. The van der Waals surface area contributed by atoms with E-state index in [0.29, 0.717) is 17.0 Å². The van der Waals surface area contributed by atoms with Gasteiger partial charge in [-0.05, 0) is 74.1 Å². The largest absolute Gasteiger partial charge is 0.299 e. The molecule has 7 aromatic carbocycles. The van der Waals surface area contributed by atoms with E-state index < -0.39 is 5.92 Å². The molecule has 222 valence electrons. The number of hydrogen-bond acceptors (Lipinski definition) is 2. The fourth-order valence-electron chi connectivity index (χ4n) is 6.75. The van der Waals surface area contributed by atoms with Crippen LogP contribution in [0.2, 0.25) is 0 Å². The smallest absolute Gasteiger partial charge is 0.228 e. The van der Waals surface area contributed by atoms with Crippen molar-refractivity contribution in [1.29, 1.82) is 0 Å². The van der Waals surface area contributed by atoms with E-state index in [-0.39, 0.29) is 11.1 Å². The van der Waals surface area contributed by atoms with Crippen molar-refractivity contribution in [3.8, 4) is 56.2 Å². The average Bonchev–Trinajstić information content (AvgIpc) is 3.36. The second-order valence-electron chi connectivity index (χ2n) is 12.0. The third kappa shape index (κ3) is 4.60. The Labute approximate surface area is 270 Å². The van der Waals surface area contributed by atoms with Crippen LogP contribution in [0.3, 0.4) is 0 Å². The summed E-state index contributed by atoms with van der Waals surface area (Å²) in [6.07, 6.45) is 0. The van der Waals surface area contributed by atoms with Crippen molar-refractivity contribution in [2.75, 3.05) is 0 Å². The summed E-state index contributed by atoms with van der Waals surface area (Å²) in [7, 11) is 0. The molecule has 47 heavy (non-hydrogen) atoms. The first-order valence-electron chi connectivity index (χ1n) is 15.6. The lowest BCUT2D eigenvalue weighted by Crippen LogP contribution is -2.10. The van der Waals surface area contributed by atoms with Gasteiger partial charge in [-0.3, -0.25) is 0 Å². The highest BCUT2D eigenvalue weighted by molar-refractivity contribution is 5.92. The van der Waals surface area contributed by atoms with E-state index in [2.05, 4.69) is 60.7 Å². The Kier molecular flexibility index (Phi) is 6.12. The molecule has 0 fully saturated rings. The quantitative estimate of drug-likeness (QED) is 0.199. The molecule has 1 aliphatic rings. The summed E-state index contributed by atoms with van der Waals surface area (Å²) in [6, 6.07) is 51.4. The molecule has 8 aromatic rings. The van der Waals surface area contributed by atoms with Crippen LogP contribution in [-0.4, -0.2) is 9.97 Å². The Bertz CT molecular complexity index is 2500. The first-order chi connectivity index (χ1) is 23.0. The number of alkyl halides is 2. The molecule has 0 spiro atoms. The molecule has 1 aromatic heterocycles. The lowest BCUT2D eigenvalue weighted by Gasteiger charge is -2.14. The van der Waals surface area contributed by atoms with Crippen LogP contribution in [0.15, 0.2) is 158 Å². The molecule has 4 heteroatoms. The van der Waals surface area contributed by atoms with Crippen LogP contribution in [0.4, 0.5) is 8.78 Å². The van der Waals surface area contributed by atoms with E-state index in [1.165, 1.54) is 11.5 Å². The minimum absolute atomic E-state index is 0.0531. The molecular weight excluding hydrogens is 582 g/mol. The number of halogens is 2. The molecule has 2 nitrogen and oxygen atoms in total. The molecule has 0 N–H and O–H groups in total. The number of hydrogen-bond donors (Lipinski definition) is 0. The maximum Gasteiger partial charge on any atom is 0.299 e. The van der Waals surface area contributed by atoms with Crippen molar-refractivity contribution in [1.82, 2.24) is 9.97 Å². The zero-order valence-corrected chi connectivity index (χ0v) is 25.2. The second-order valence-corrected chi connectivity index (χ2v) is 12.0. The van der Waals surface area contributed by atoms with Gasteiger partial charge in [0.2, 0.25) is 0 Å². The second kappa shape index (κ2) is 10.5. The zero-order valence-electron chi connectivity index (χ0n) is 25.2. The van der Waals surface area contributed by atoms with E-state index in [1.54, 1.807) is 18.2 Å².